The van der Waals surface area contributed by atoms with Gasteiger partial charge in [-0.3, -0.25) is 9.59 Å². The molecular formula is C19H23NO5. The van der Waals surface area contributed by atoms with Gasteiger partial charge < -0.3 is 15.2 Å². The van der Waals surface area contributed by atoms with Crippen LogP contribution in [0.5, 0.6) is 0 Å². The standard InChI is InChI=1S/C19H23NO5/c21-15(10-16(22)23)18(17(13-6-7-13)14-8-9-14)20-19(24)25-11-12-4-2-1-3-5-12/h1-5,13-14,17-18H,6-11H2,(H,20,24)(H,22,23)/t18-/m1/s1. The first kappa shape index (κ1) is 17.5. The number of benzene rings is 1. The predicted molar refractivity (Wildman–Crippen MR) is 89.7 cm³/mol. The van der Waals surface area contributed by atoms with Crippen LogP contribution < -0.4 is 5.32 Å². The fourth-order valence-electron chi connectivity index (χ4n) is 3.43. The summed E-state index contributed by atoms with van der Waals surface area (Å²) in [6, 6.07) is 8.51. The van der Waals surface area contributed by atoms with Crippen molar-refractivity contribution >= 4 is 17.8 Å². The second kappa shape index (κ2) is 7.68. The molecular weight excluding hydrogens is 322 g/mol. The number of rotatable bonds is 9. The topological polar surface area (TPSA) is 92.7 Å². The zero-order valence-electron chi connectivity index (χ0n) is 14.0. The Bertz CT molecular complexity index is 624. The summed E-state index contributed by atoms with van der Waals surface area (Å²) in [5.74, 6) is -0.752. The van der Waals surface area contributed by atoms with Crippen molar-refractivity contribution in [2.75, 3.05) is 0 Å². The zero-order chi connectivity index (χ0) is 17.8. The van der Waals surface area contributed by atoms with Gasteiger partial charge in [0.1, 0.15) is 13.0 Å². The van der Waals surface area contributed by atoms with Crippen molar-refractivity contribution in [1.82, 2.24) is 5.32 Å². The molecule has 25 heavy (non-hydrogen) atoms. The third-order valence-electron chi connectivity index (χ3n) is 4.88. The van der Waals surface area contributed by atoms with Crippen molar-refractivity contribution in [3.05, 3.63) is 35.9 Å². The van der Waals surface area contributed by atoms with E-state index in [4.69, 9.17) is 9.84 Å². The summed E-state index contributed by atoms with van der Waals surface area (Å²) >= 11 is 0. The summed E-state index contributed by atoms with van der Waals surface area (Å²) < 4.78 is 5.21. The van der Waals surface area contributed by atoms with Gasteiger partial charge in [0, 0.05) is 0 Å². The Kier molecular flexibility index (Phi) is 5.36. The highest BCUT2D eigenvalue weighted by Gasteiger charge is 2.48. The Morgan fingerprint density at radius 2 is 1.68 bits per heavy atom. The second-order valence-corrected chi connectivity index (χ2v) is 6.97. The summed E-state index contributed by atoms with van der Waals surface area (Å²) in [5.41, 5.74) is 0.854. The molecule has 1 amide bonds. The van der Waals surface area contributed by atoms with Crippen molar-refractivity contribution in [3.63, 3.8) is 0 Å². The number of carboxylic acids is 1. The maximum atomic E-state index is 12.4. The van der Waals surface area contributed by atoms with E-state index in [1.165, 1.54) is 0 Å². The fraction of sp³-hybridized carbons (Fsp3) is 0.526. The van der Waals surface area contributed by atoms with Crippen LogP contribution in [-0.4, -0.2) is 29.0 Å². The molecule has 134 valence electrons. The van der Waals surface area contributed by atoms with E-state index in [1.807, 2.05) is 30.3 Å². The van der Waals surface area contributed by atoms with Gasteiger partial charge in [-0.25, -0.2) is 4.79 Å². The van der Waals surface area contributed by atoms with Crippen LogP contribution in [0, 0.1) is 17.8 Å². The number of ketones is 1. The highest BCUT2D eigenvalue weighted by atomic mass is 16.5. The average Bonchev–Trinajstić information content (AvgIpc) is 3.46. The lowest BCUT2D eigenvalue weighted by molar-refractivity contribution is -0.141. The van der Waals surface area contributed by atoms with Crippen LogP contribution in [0.3, 0.4) is 0 Å². The van der Waals surface area contributed by atoms with Gasteiger partial charge >= 0.3 is 12.1 Å². The molecule has 0 aromatic heterocycles. The van der Waals surface area contributed by atoms with E-state index in [-0.39, 0.29) is 12.5 Å². The maximum absolute atomic E-state index is 12.4. The molecule has 0 unspecified atom stereocenters. The lowest BCUT2D eigenvalue weighted by atomic mass is 9.86. The molecule has 6 heteroatoms. The molecule has 2 fully saturated rings. The number of amides is 1. The number of carbonyl (C=O) groups is 3. The number of nitrogens with one attached hydrogen (secondary N) is 1. The van der Waals surface area contributed by atoms with Gasteiger partial charge in [-0.2, -0.15) is 0 Å². The van der Waals surface area contributed by atoms with Crippen LogP contribution in [0.2, 0.25) is 0 Å². The van der Waals surface area contributed by atoms with E-state index in [9.17, 15) is 14.4 Å². The Hall–Kier alpha value is -2.37. The van der Waals surface area contributed by atoms with E-state index < -0.39 is 30.3 Å². The third-order valence-corrected chi connectivity index (χ3v) is 4.88. The molecule has 1 aromatic carbocycles. The minimum absolute atomic E-state index is 0.0381. The van der Waals surface area contributed by atoms with E-state index in [0.29, 0.717) is 11.8 Å². The molecule has 2 aliphatic carbocycles. The van der Waals surface area contributed by atoms with Gasteiger partial charge in [-0.05, 0) is 49.0 Å². The average molecular weight is 345 g/mol. The Morgan fingerprint density at radius 3 is 2.20 bits per heavy atom. The molecule has 0 aliphatic heterocycles. The number of hydrogen-bond acceptors (Lipinski definition) is 4. The van der Waals surface area contributed by atoms with E-state index in [0.717, 1.165) is 31.2 Å². The first-order valence-electron chi connectivity index (χ1n) is 8.76. The largest absolute Gasteiger partial charge is 0.481 e. The SMILES string of the molecule is O=C(O)CC(=O)[C@@H](NC(=O)OCc1ccccc1)C(C1CC1)C1CC1. The Balaban J connectivity index is 1.62. The zero-order valence-corrected chi connectivity index (χ0v) is 14.0. The molecule has 1 atom stereocenters. The lowest BCUT2D eigenvalue weighted by Crippen LogP contribution is -2.48. The van der Waals surface area contributed by atoms with Crippen LogP contribution in [0.15, 0.2) is 30.3 Å². The Morgan fingerprint density at radius 1 is 1.08 bits per heavy atom. The molecule has 2 N–H and O–H groups in total. The summed E-state index contributed by atoms with van der Waals surface area (Å²) in [6.07, 6.45) is 2.92. The molecule has 6 nitrogen and oxygen atoms in total. The van der Waals surface area contributed by atoms with Crippen LogP contribution in [0.1, 0.15) is 37.7 Å². The number of ether oxygens (including phenoxy) is 1. The normalized spacial score (nSPS) is 17.8. The number of carbonyl (C=O) groups excluding carboxylic acids is 2. The first-order chi connectivity index (χ1) is 12.0. The highest BCUT2D eigenvalue weighted by Crippen LogP contribution is 2.51. The van der Waals surface area contributed by atoms with Gasteiger partial charge in [0.25, 0.3) is 0 Å². The molecule has 2 saturated carbocycles. The molecule has 1 aromatic rings. The van der Waals surface area contributed by atoms with Crippen LogP contribution in [0.25, 0.3) is 0 Å². The number of aliphatic carboxylic acids is 1. The molecule has 0 spiro atoms. The van der Waals surface area contributed by atoms with Gasteiger partial charge in [0.05, 0.1) is 6.04 Å². The molecule has 0 saturated heterocycles. The van der Waals surface area contributed by atoms with Crippen molar-refractivity contribution in [2.45, 2.75) is 44.8 Å². The number of alkyl carbamates (subject to hydrolysis) is 1. The minimum Gasteiger partial charge on any atom is -0.481 e. The quantitative estimate of drug-likeness (QED) is 0.671. The van der Waals surface area contributed by atoms with Crippen molar-refractivity contribution in [2.24, 2.45) is 17.8 Å². The Labute approximate surface area is 146 Å². The van der Waals surface area contributed by atoms with Gasteiger partial charge in [-0.1, -0.05) is 30.3 Å². The van der Waals surface area contributed by atoms with Gasteiger partial charge in [-0.15, -0.1) is 0 Å². The van der Waals surface area contributed by atoms with Gasteiger partial charge in [0.2, 0.25) is 0 Å². The minimum atomic E-state index is -1.17. The molecule has 0 bridgehead atoms. The lowest BCUT2D eigenvalue weighted by Gasteiger charge is -2.26. The van der Waals surface area contributed by atoms with E-state index in [2.05, 4.69) is 5.32 Å². The highest BCUT2D eigenvalue weighted by molar-refractivity contribution is 5.99. The number of Topliss-reactive ketones (excluding diaryl/α,β-unsaturated/α-hetero) is 1. The first-order valence-corrected chi connectivity index (χ1v) is 8.76. The summed E-state index contributed by atoms with van der Waals surface area (Å²) in [6.45, 7) is 0.115. The molecule has 3 rings (SSSR count). The fourth-order valence-corrected chi connectivity index (χ4v) is 3.43. The van der Waals surface area contributed by atoms with E-state index in [1.54, 1.807) is 0 Å². The van der Waals surface area contributed by atoms with Crippen LogP contribution in [-0.2, 0) is 20.9 Å². The van der Waals surface area contributed by atoms with Crippen molar-refractivity contribution in [1.29, 1.82) is 0 Å². The molecule has 0 radical (unpaired) electrons. The third kappa shape index (κ3) is 5.05. The summed E-state index contributed by atoms with van der Waals surface area (Å²) in [5, 5.41) is 11.6. The van der Waals surface area contributed by atoms with Gasteiger partial charge in [0.15, 0.2) is 5.78 Å². The van der Waals surface area contributed by atoms with Crippen LogP contribution in [0.4, 0.5) is 4.79 Å². The monoisotopic (exact) mass is 345 g/mol. The second-order valence-electron chi connectivity index (χ2n) is 6.97. The number of carboxylic acid groups (broad SMARTS) is 1. The number of hydrogen-bond donors (Lipinski definition) is 2. The molecule has 2 aliphatic rings. The van der Waals surface area contributed by atoms with Crippen molar-refractivity contribution < 1.29 is 24.2 Å². The van der Waals surface area contributed by atoms with Crippen molar-refractivity contribution in [3.8, 4) is 0 Å². The van der Waals surface area contributed by atoms with E-state index >= 15 is 0 Å². The smallest absolute Gasteiger partial charge is 0.408 e. The molecule has 0 heterocycles. The van der Waals surface area contributed by atoms with Crippen LogP contribution >= 0.6 is 0 Å². The maximum Gasteiger partial charge on any atom is 0.408 e. The predicted octanol–water partition coefficient (Wildman–Crippen LogP) is 2.76. The summed E-state index contributed by atoms with van der Waals surface area (Å²) in [7, 11) is 0. The summed E-state index contributed by atoms with van der Waals surface area (Å²) in [4.78, 5) is 35.5.